The molecule has 0 saturated heterocycles. The van der Waals surface area contributed by atoms with Gasteiger partial charge in [-0.2, -0.15) is 10.2 Å². The van der Waals surface area contributed by atoms with E-state index in [0.29, 0.717) is 12.5 Å². The molecule has 3 heterocycles. The Hall–Kier alpha value is -2.31. The van der Waals surface area contributed by atoms with E-state index in [1.54, 1.807) is 0 Å². The molecule has 7 nitrogen and oxygen atoms in total. The lowest BCUT2D eigenvalue weighted by Gasteiger charge is -2.08. The Morgan fingerprint density at radius 2 is 1.81 bits per heavy atom. The van der Waals surface area contributed by atoms with Crippen molar-refractivity contribution in [2.75, 3.05) is 5.73 Å². The zero-order valence-electron chi connectivity index (χ0n) is 13.2. The van der Waals surface area contributed by atoms with Crippen molar-refractivity contribution in [2.24, 2.45) is 7.05 Å². The third-order valence-corrected chi connectivity index (χ3v) is 4.10. The van der Waals surface area contributed by atoms with Crippen LogP contribution in [0.3, 0.4) is 0 Å². The van der Waals surface area contributed by atoms with E-state index in [2.05, 4.69) is 29.0 Å². The normalized spacial score (nSPS) is 11.7. The molecule has 21 heavy (non-hydrogen) atoms. The van der Waals surface area contributed by atoms with Crippen LogP contribution >= 0.6 is 0 Å². The standard InChI is InChI=1S/C14H21N7/c1-6-21-13-12(9(3)18-21)16-14(15)20(13)7-11-8(2)17-19(5)10(11)4/h6-7H2,1-5H3,(H2,15,16). The average molecular weight is 287 g/mol. The van der Waals surface area contributed by atoms with Crippen LogP contribution < -0.4 is 5.73 Å². The van der Waals surface area contributed by atoms with E-state index in [4.69, 9.17) is 5.73 Å². The molecule has 0 saturated carbocycles. The number of nitrogens with zero attached hydrogens (tertiary/aromatic N) is 6. The second kappa shape index (κ2) is 4.61. The smallest absolute Gasteiger partial charge is 0.202 e. The lowest BCUT2D eigenvalue weighted by atomic mass is 10.2. The van der Waals surface area contributed by atoms with Crippen LogP contribution in [0.25, 0.3) is 11.2 Å². The molecule has 0 radical (unpaired) electrons. The largest absolute Gasteiger partial charge is 0.369 e. The van der Waals surface area contributed by atoms with E-state index in [0.717, 1.165) is 34.8 Å². The Kier molecular flexibility index (Phi) is 3.00. The van der Waals surface area contributed by atoms with Gasteiger partial charge in [-0.05, 0) is 27.7 Å². The van der Waals surface area contributed by atoms with Crippen LogP contribution in [0.2, 0.25) is 0 Å². The topological polar surface area (TPSA) is 79.5 Å². The summed E-state index contributed by atoms with van der Waals surface area (Å²) in [7, 11) is 1.96. The second-order valence-corrected chi connectivity index (χ2v) is 5.40. The van der Waals surface area contributed by atoms with Gasteiger partial charge >= 0.3 is 0 Å². The van der Waals surface area contributed by atoms with E-state index in [1.807, 2.05) is 34.8 Å². The minimum absolute atomic E-state index is 0.523. The first-order chi connectivity index (χ1) is 9.93. The fourth-order valence-corrected chi connectivity index (χ4v) is 2.82. The molecule has 0 aromatic carbocycles. The van der Waals surface area contributed by atoms with Crippen LogP contribution in [0.1, 0.15) is 29.6 Å². The Balaban J connectivity index is 2.18. The summed E-state index contributed by atoms with van der Waals surface area (Å²) in [5.41, 5.74) is 12.3. The van der Waals surface area contributed by atoms with Gasteiger partial charge in [-0.15, -0.1) is 0 Å². The van der Waals surface area contributed by atoms with Gasteiger partial charge in [0.05, 0.1) is 17.9 Å². The second-order valence-electron chi connectivity index (χ2n) is 5.40. The van der Waals surface area contributed by atoms with E-state index < -0.39 is 0 Å². The summed E-state index contributed by atoms with van der Waals surface area (Å²) in [4.78, 5) is 4.47. The van der Waals surface area contributed by atoms with Crippen molar-refractivity contribution in [1.82, 2.24) is 29.1 Å². The van der Waals surface area contributed by atoms with E-state index in [9.17, 15) is 0 Å². The Labute approximate surface area is 123 Å². The summed E-state index contributed by atoms with van der Waals surface area (Å²) in [5, 5.41) is 8.99. The third kappa shape index (κ3) is 1.91. The molecule has 0 atom stereocenters. The minimum atomic E-state index is 0.523. The predicted octanol–water partition coefficient (Wildman–Crippen LogP) is 1.54. The number of imidazole rings is 1. The van der Waals surface area contributed by atoms with Crippen molar-refractivity contribution >= 4 is 17.1 Å². The highest BCUT2D eigenvalue weighted by Crippen LogP contribution is 2.24. The number of fused-ring (bicyclic) bond motifs is 1. The van der Waals surface area contributed by atoms with E-state index >= 15 is 0 Å². The SMILES string of the molecule is CCn1nc(C)c2nc(N)n(Cc3c(C)nn(C)c3C)c21. The third-order valence-electron chi connectivity index (χ3n) is 4.10. The van der Waals surface area contributed by atoms with Crippen molar-refractivity contribution < 1.29 is 0 Å². The molecule has 112 valence electrons. The molecule has 3 rings (SSSR count). The van der Waals surface area contributed by atoms with Crippen LogP contribution in [-0.2, 0) is 20.1 Å². The molecular formula is C14H21N7. The molecule has 0 unspecified atom stereocenters. The zero-order chi connectivity index (χ0) is 15.3. The molecule has 0 spiro atoms. The summed E-state index contributed by atoms with van der Waals surface area (Å²) in [6.07, 6.45) is 0. The number of nitrogen functional groups attached to an aromatic ring is 1. The number of aryl methyl sites for hydroxylation is 4. The van der Waals surface area contributed by atoms with Crippen LogP contribution in [0.15, 0.2) is 0 Å². The number of nitrogens with two attached hydrogens (primary N) is 1. The Morgan fingerprint density at radius 1 is 1.10 bits per heavy atom. The van der Waals surface area contributed by atoms with Crippen molar-refractivity contribution in [3.8, 4) is 0 Å². The number of anilines is 1. The highest BCUT2D eigenvalue weighted by Gasteiger charge is 2.19. The van der Waals surface area contributed by atoms with Gasteiger partial charge in [0.1, 0.15) is 5.52 Å². The first-order valence-electron chi connectivity index (χ1n) is 7.12. The molecule has 0 amide bonds. The van der Waals surface area contributed by atoms with Gasteiger partial charge in [0, 0.05) is 24.8 Å². The van der Waals surface area contributed by atoms with Crippen molar-refractivity contribution in [3.05, 3.63) is 22.6 Å². The highest BCUT2D eigenvalue weighted by atomic mass is 15.4. The molecule has 7 heteroatoms. The van der Waals surface area contributed by atoms with Gasteiger partial charge in [0.15, 0.2) is 5.65 Å². The molecule has 0 aliphatic carbocycles. The van der Waals surface area contributed by atoms with Gasteiger partial charge in [-0.3, -0.25) is 9.25 Å². The number of rotatable bonds is 3. The number of hydrogen-bond donors (Lipinski definition) is 1. The van der Waals surface area contributed by atoms with Gasteiger partial charge in [-0.1, -0.05) is 0 Å². The summed E-state index contributed by atoms with van der Waals surface area (Å²) in [6, 6.07) is 0. The minimum Gasteiger partial charge on any atom is -0.369 e. The maximum Gasteiger partial charge on any atom is 0.202 e. The van der Waals surface area contributed by atoms with Gasteiger partial charge in [-0.25, -0.2) is 9.67 Å². The predicted molar refractivity (Wildman–Crippen MR) is 82.1 cm³/mol. The van der Waals surface area contributed by atoms with Gasteiger partial charge < -0.3 is 5.73 Å². The lowest BCUT2D eigenvalue weighted by molar-refractivity contribution is 0.647. The molecule has 0 aliphatic heterocycles. The summed E-state index contributed by atoms with van der Waals surface area (Å²) in [6.45, 7) is 9.59. The molecule has 0 bridgehead atoms. The first kappa shape index (κ1) is 13.7. The number of hydrogen-bond acceptors (Lipinski definition) is 4. The fourth-order valence-electron chi connectivity index (χ4n) is 2.82. The molecule has 0 aliphatic rings. The van der Waals surface area contributed by atoms with E-state index in [-0.39, 0.29) is 0 Å². The average Bonchev–Trinajstić information content (AvgIpc) is 3.00. The van der Waals surface area contributed by atoms with Gasteiger partial charge in [0.2, 0.25) is 5.95 Å². The molecular weight excluding hydrogens is 266 g/mol. The fraction of sp³-hybridized carbons (Fsp3) is 0.500. The van der Waals surface area contributed by atoms with Crippen LogP contribution in [0.5, 0.6) is 0 Å². The first-order valence-corrected chi connectivity index (χ1v) is 7.12. The Bertz CT molecular complexity index is 818. The number of aromatic nitrogens is 6. The monoisotopic (exact) mass is 287 g/mol. The van der Waals surface area contributed by atoms with Crippen LogP contribution in [-0.4, -0.2) is 29.1 Å². The zero-order valence-corrected chi connectivity index (χ0v) is 13.2. The van der Waals surface area contributed by atoms with Crippen LogP contribution in [0.4, 0.5) is 5.95 Å². The maximum absolute atomic E-state index is 6.13. The summed E-state index contributed by atoms with van der Waals surface area (Å²) >= 11 is 0. The van der Waals surface area contributed by atoms with E-state index in [1.165, 1.54) is 5.56 Å². The summed E-state index contributed by atoms with van der Waals surface area (Å²) < 4.78 is 5.88. The van der Waals surface area contributed by atoms with Crippen molar-refractivity contribution in [3.63, 3.8) is 0 Å². The molecule has 3 aromatic heterocycles. The molecule has 2 N–H and O–H groups in total. The lowest BCUT2D eigenvalue weighted by Crippen LogP contribution is -2.10. The van der Waals surface area contributed by atoms with Crippen molar-refractivity contribution in [1.29, 1.82) is 0 Å². The quantitative estimate of drug-likeness (QED) is 0.792. The molecule has 3 aromatic rings. The van der Waals surface area contributed by atoms with Crippen molar-refractivity contribution in [2.45, 2.75) is 40.8 Å². The molecule has 0 fully saturated rings. The van der Waals surface area contributed by atoms with Crippen LogP contribution in [0, 0.1) is 20.8 Å². The maximum atomic E-state index is 6.13. The van der Waals surface area contributed by atoms with Gasteiger partial charge in [0.25, 0.3) is 0 Å². The Morgan fingerprint density at radius 3 is 2.38 bits per heavy atom. The summed E-state index contributed by atoms with van der Waals surface area (Å²) in [5.74, 6) is 0.523. The highest BCUT2D eigenvalue weighted by molar-refractivity contribution is 5.77.